The molecule has 0 radical (unpaired) electrons. The monoisotopic (exact) mass is 954 g/mol. The van der Waals surface area contributed by atoms with Gasteiger partial charge in [0.15, 0.2) is 11.5 Å². The fraction of sp³-hybridized carbons (Fsp3) is 0.118. The van der Waals surface area contributed by atoms with Gasteiger partial charge < -0.3 is 14.5 Å². The van der Waals surface area contributed by atoms with Crippen molar-refractivity contribution >= 4 is 47.7 Å². The van der Waals surface area contributed by atoms with Crippen LogP contribution in [-0.2, 0) is 34.2 Å². The van der Waals surface area contributed by atoms with Gasteiger partial charge in [-0.15, -0.1) is 0 Å². The predicted octanol–water partition coefficient (Wildman–Crippen LogP) is 11.0. The predicted molar refractivity (Wildman–Crippen MR) is 246 cm³/mol. The third-order valence-corrected chi connectivity index (χ3v) is 15.4. The van der Waals surface area contributed by atoms with Gasteiger partial charge >= 0.3 is 29.4 Å². The van der Waals surface area contributed by atoms with Gasteiger partial charge in [0.1, 0.15) is 47.7 Å². The van der Waals surface area contributed by atoms with Crippen LogP contribution in [0.2, 0.25) is 0 Å². The molecule has 0 amide bonds. The van der Waals surface area contributed by atoms with Crippen molar-refractivity contribution in [2.45, 2.75) is 25.2 Å². The van der Waals surface area contributed by atoms with Crippen LogP contribution in [-0.4, -0.2) is 18.2 Å². The third kappa shape index (κ3) is 12.6. The summed E-state index contributed by atoms with van der Waals surface area (Å²) in [5.41, 5.74) is -4.11. The Kier molecular flexibility index (Phi) is 17.1. The second-order valence-electron chi connectivity index (χ2n) is 14.2. The minimum Gasteiger partial charge on any atom is -0.652 e. The zero-order valence-electron chi connectivity index (χ0n) is 34.2. The molecule has 0 aliphatic carbocycles. The Morgan fingerprint density at radius 2 is 0.875 bits per heavy atom. The van der Waals surface area contributed by atoms with Gasteiger partial charge in [-0.1, -0.05) is 121 Å². The summed E-state index contributed by atoms with van der Waals surface area (Å²) in [6, 6.07) is 64.5. The number of alkyl halides is 6. The Hall–Kier alpha value is -5.53. The van der Waals surface area contributed by atoms with Gasteiger partial charge in [-0.2, -0.15) is 26.3 Å². The Balaban J connectivity index is 0.000000226. The third-order valence-electron chi connectivity index (χ3n) is 9.88. The molecule has 0 spiro atoms. The van der Waals surface area contributed by atoms with Gasteiger partial charge in [0.25, 0.3) is 0 Å². The minimum atomic E-state index is -4.94. The van der Waals surface area contributed by atoms with E-state index in [1.54, 1.807) is 0 Å². The first-order valence-electron chi connectivity index (χ1n) is 20.2. The van der Waals surface area contributed by atoms with Crippen LogP contribution in [0.15, 0.2) is 200 Å². The van der Waals surface area contributed by atoms with Crippen LogP contribution >= 0.6 is 15.8 Å². The molecule has 9 rings (SSSR count). The van der Waals surface area contributed by atoms with E-state index in [0.717, 1.165) is 30.8 Å². The maximum Gasteiger partial charge on any atom is 1.00 e. The summed E-state index contributed by atoms with van der Waals surface area (Å²) < 4.78 is 87.3. The van der Waals surface area contributed by atoms with Crippen LogP contribution in [0.4, 0.5) is 26.3 Å². The summed E-state index contributed by atoms with van der Waals surface area (Å²) in [7, 11) is -2.56. The Morgan fingerprint density at radius 1 is 0.484 bits per heavy atom. The van der Waals surface area contributed by atoms with E-state index in [1.807, 2.05) is 0 Å². The number of ether oxygens (including phenoxy) is 2. The number of nitrogens with zero attached hydrogens (tertiary/aromatic N) is 2. The molecule has 1 saturated heterocycles. The molecular weight excluding hydrogens is 912 g/mol. The number of hydrogen-bond acceptors (Lipinski definition) is 3. The molecule has 3 heterocycles. The van der Waals surface area contributed by atoms with E-state index in [1.165, 1.54) is 63.0 Å². The van der Waals surface area contributed by atoms with Crippen LogP contribution in [0.5, 0.6) is 11.5 Å². The smallest absolute Gasteiger partial charge is 0.652 e. The molecule has 1 aliphatic rings. The molecule has 8 aromatic rings. The van der Waals surface area contributed by atoms with E-state index in [9.17, 15) is 26.3 Å². The Bertz CT molecular complexity index is 2410. The summed E-state index contributed by atoms with van der Waals surface area (Å²) in [4.78, 5) is 6.60. The number of hydrogen-bond donors (Lipinski definition) is 0. The molecule has 64 heavy (non-hydrogen) atoms. The maximum atomic E-state index is 12.7. The molecule has 0 saturated carbocycles. The van der Waals surface area contributed by atoms with Crippen molar-refractivity contribution in [1.82, 2.24) is 9.97 Å². The van der Waals surface area contributed by atoms with Crippen LogP contribution in [0.3, 0.4) is 0 Å². The molecule has 2 aromatic heterocycles. The van der Waals surface area contributed by atoms with Crippen molar-refractivity contribution in [3.8, 4) is 22.9 Å². The van der Waals surface area contributed by atoms with Crippen molar-refractivity contribution < 1.29 is 52.9 Å². The van der Waals surface area contributed by atoms with Crippen LogP contribution < -0.4 is 41.5 Å². The first-order chi connectivity index (χ1) is 30.6. The fourth-order valence-corrected chi connectivity index (χ4v) is 12.3. The van der Waals surface area contributed by atoms with Crippen molar-refractivity contribution in [2.75, 3.05) is 13.2 Å². The van der Waals surface area contributed by atoms with E-state index in [-0.39, 0.29) is 28.8 Å². The van der Waals surface area contributed by atoms with Crippen molar-refractivity contribution in [2.24, 2.45) is 0 Å². The number of aromatic nitrogens is 2. The molecule has 0 unspecified atom stereocenters. The van der Waals surface area contributed by atoms with Gasteiger partial charge in [-0.25, -0.2) is 0 Å². The standard InChI is InChI=1S/C36H28OP2.C11H5F6N2.C4H8O.Cu/c1-5-17-29(18-6-1)38(30-19-7-2-8-20-30)35-27-15-13-25-33(35)37-34-26-14-16-28-36(34)39(31-21-9-3-10-22-31)32-23-11-4-12-24-32;12-10(13,14)6-5-8(11(15,16)17)19-9(6)7-3-1-2-4-18-7;1-2-4-5-3-1;/h1-28H;1-5H;1-4H2;/q;-1;;+1/p+2. The molecule has 0 N–H and O–H groups in total. The first kappa shape index (κ1) is 47.9. The molecule has 1 aliphatic heterocycles. The summed E-state index contributed by atoms with van der Waals surface area (Å²) in [5, 5.41) is 7.88. The van der Waals surface area contributed by atoms with Gasteiger partial charge in [0, 0.05) is 30.7 Å². The van der Waals surface area contributed by atoms with E-state index >= 15 is 0 Å². The summed E-state index contributed by atoms with van der Waals surface area (Å²) in [5.74, 6) is 1.85. The van der Waals surface area contributed by atoms with Crippen molar-refractivity contribution in [3.63, 3.8) is 0 Å². The molecular formula is C51H43CuF6N2O2P2+2. The molecule has 6 aromatic carbocycles. The van der Waals surface area contributed by atoms with E-state index in [0.29, 0.717) is 0 Å². The number of para-hydroxylation sites is 2. The van der Waals surface area contributed by atoms with Gasteiger partial charge in [0.05, 0.1) is 0 Å². The van der Waals surface area contributed by atoms with Gasteiger partial charge in [-0.05, 0) is 97.8 Å². The summed E-state index contributed by atoms with van der Waals surface area (Å²) >= 11 is 0. The first-order valence-corrected chi connectivity index (χ1v) is 23.2. The number of benzene rings is 6. The molecule has 1 fully saturated rings. The number of halogens is 6. The maximum absolute atomic E-state index is 12.7. The molecule has 4 nitrogen and oxygen atoms in total. The molecule has 330 valence electrons. The molecule has 0 bridgehead atoms. The minimum absolute atomic E-state index is 0. The Morgan fingerprint density at radius 3 is 1.22 bits per heavy atom. The quantitative estimate of drug-likeness (QED) is 0.0822. The van der Waals surface area contributed by atoms with Crippen LogP contribution in [0, 0.1) is 0 Å². The van der Waals surface area contributed by atoms with E-state index in [4.69, 9.17) is 9.47 Å². The van der Waals surface area contributed by atoms with Gasteiger partial charge in [-0.3, -0.25) is 4.98 Å². The van der Waals surface area contributed by atoms with E-state index in [2.05, 4.69) is 180 Å². The average molecular weight is 955 g/mol. The topological polar surface area (TPSA) is 45.5 Å². The van der Waals surface area contributed by atoms with Crippen molar-refractivity contribution in [1.29, 1.82) is 0 Å². The fourth-order valence-electron chi connectivity index (χ4n) is 7.01. The van der Waals surface area contributed by atoms with Crippen molar-refractivity contribution in [3.05, 3.63) is 212 Å². The number of rotatable bonds is 9. The SMILES string of the molecule is C1CCOC1.FC(F)(F)c1cc(C(F)(F)F)c(-c2ccccn2)[n-]1.[Cu+].c1ccc([PH+](c2ccccc2)c2ccccc2Oc2ccccc2[PH+](c2ccccc2)c2ccccc2)cc1. The second-order valence-corrected chi connectivity index (χ2v) is 19.1. The summed E-state index contributed by atoms with van der Waals surface area (Å²) in [6.45, 7) is 2.00. The van der Waals surface area contributed by atoms with Gasteiger partial charge in [0.2, 0.25) is 0 Å². The van der Waals surface area contributed by atoms with Crippen LogP contribution in [0.1, 0.15) is 24.1 Å². The summed E-state index contributed by atoms with van der Waals surface area (Å²) in [6.07, 6.45) is -6.13. The largest absolute Gasteiger partial charge is 1.00 e. The molecule has 0 atom stereocenters. The second kappa shape index (κ2) is 22.9. The Labute approximate surface area is 381 Å². The normalized spacial score (nSPS) is 12.4. The molecule has 13 heteroatoms. The zero-order valence-corrected chi connectivity index (χ0v) is 37.1. The van der Waals surface area contributed by atoms with Crippen LogP contribution in [0.25, 0.3) is 11.4 Å². The average Bonchev–Trinajstić information content (AvgIpc) is 4.06. The zero-order chi connectivity index (χ0) is 44.1. The number of pyridine rings is 1. The van der Waals surface area contributed by atoms with E-state index < -0.39 is 45.1 Å².